The zero-order chi connectivity index (χ0) is 13.0. The van der Waals surface area contributed by atoms with Gasteiger partial charge in [-0.3, -0.25) is 4.98 Å². The molecular formula is C12H14N4O2. The van der Waals surface area contributed by atoms with Gasteiger partial charge in [-0.15, -0.1) is 0 Å². The highest BCUT2D eigenvalue weighted by atomic mass is 16.5. The molecule has 0 saturated heterocycles. The summed E-state index contributed by atoms with van der Waals surface area (Å²) < 4.78 is 6.56. The van der Waals surface area contributed by atoms with Crippen LogP contribution < -0.4 is 5.73 Å². The van der Waals surface area contributed by atoms with Crippen molar-refractivity contribution in [2.45, 2.75) is 13.5 Å². The largest absolute Gasteiger partial charge is 0.461 e. The summed E-state index contributed by atoms with van der Waals surface area (Å²) in [5, 5.41) is 0. The first kappa shape index (κ1) is 12.1. The van der Waals surface area contributed by atoms with Gasteiger partial charge < -0.3 is 15.0 Å². The summed E-state index contributed by atoms with van der Waals surface area (Å²) in [4.78, 5) is 19.5. The lowest BCUT2D eigenvalue weighted by molar-refractivity contribution is 0.0521. The van der Waals surface area contributed by atoms with E-state index in [1.165, 1.54) is 6.33 Å². The number of aromatic nitrogens is 3. The Kier molecular flexibility index (Phi) is 3.57. The number of esters is 1. The number of hydrogen-bond donors (Lipinski definition) is 1. The van der Waals surface area contributed by atoms with Gasteiger partial charge in [0.1, 0.15) is 5.82 Å². The number of imidazole rings is 1. The number of pyridine rings is 1. The zero-order valence-corrected chi connectivity index (χ0v) is 10.0. The van der Waals surface area contributed by atoms with Gasteiger partial charge in [0.05, 0.1) is 19.5 Å². The minimum atomic E-state index is -0.497. The lowest BCUT2D eigenvalue weighted by Crippen LogP contribution is -2.10. The molecule has 0 unspecified atom stereocenters. The maximum absolute atomic E-state index is 11.5. The maximum Gasteiger partial charge on any atom is 0.360 e. The predicted molar refractivity (Wildman–Crippen MR) is 65.9 cm³/mol. The summed E-state index contributed by atoms with van der Waals surface area (Å²) in [5.41, 5.74) is 7.06. The molecule has 6 heteroatoms. The third-order valence-corrected chi connectivity index (χ3v) is 2.45. The van der Waals surface area contributed by atoms with Crippen molar-refractivity contribution in [3.05, 3.63) is 42.1 Å². The third-order valence-electron chi connectivity index (χ3n) is 2.45. The fourth-order valence-electron chi connectivity index (χ4n) is 1.56. The summed E-state index contributed by atoms with van der Waals surface area (Å²) in [6.45, 7) is 2.58. The van der Waals surface area contributed by atoms with Crippen LogP contribution in [-0.2, 0) is 11.3 Å². The lowest BCUT2D eigenvalue weighted by atomic mass is 10.3. The number of ether oxygens (including phenoxy) is 1. The highest BCUT2D eigenvalue weighted by Gasteiger charge is 2.16. The summed E-state index contributed by atoms with van der Waals surface area (Å²) in [7, 11) is 0. The van der Waals surface area contributed by atoms with E-state index in [9.17, 15) is 4.79 Å². The molecule has 0 saturated carbocycles. The summed E-state index contributed by atoms with van der Waals surface area (Å²) in [6.07, 6.45) is 4.94. The molecule has 6 nitrogen and oxygen atoms in total. The minimum absolute atomic E-state index is 0.158. The number of hydrogen-bond acceptors (Lipinski definition) is 5. The molecule has 2 heterocycles. The number of nitrogen functional groups attached to an aromatic ring is 1. The van der Waals surface area contributed by atoms with Crippen LogP contribution in [0.2, 0.25) is 0 Å². The normalized spacial score (nSPS) is 10.3. The monoisotopic (exact) mass is 246 g/mol. The van der Waals surface area contributed by atoms with Crippen LogP contribution in [0.4, 0.5) is 5.82 Å². The Labute approximate surface area is 104 Å². The van der Waals surface area contributed by atoms with E-state index in [1.54, 1.807) is 23.9 Å². The molecule has 94 valence electrons. The molecule has 18 heavy (non-hydrogen) atoms. The van der Waals surface area contributed by atoms with Crippen molar-refractivity contribution in [2.75, 3.05) is 12.3 Å². The minimum Gasteiger partial charge on any atom is -0.461 e. The van der Waals surface area contributed by atoms with E-state index in [-0.39, 0.29) is 5.69 Å². The molecule has 0 aliphatic heterocycles. The van der Waals surface area contributed by atoms with Crippen LogP contribution >= 0.6 is 0 Å². The van der Waals surface area contributed by atoms with Crippen molar-refractivity contribution in [3.8, 4) is 0 Å². The Morgan fingerprint density at radius 3 is 2.83 bits per heavy atom. The molecule has 2 rings (SSSR count). The smallest absolute Gasteiger partial charge is 0.360 e. The molecule has 0 atom stereocenters. The van der Waals surface area contributed by atoms with Crippen LogP contribution in [0.5, 0.6) is 0 Å². The second-order valence-electron chi connectivity index (χ2n) is 3.68. The van der Waals surface area contributed by atoms with Gasteiger partial charge in [-0.2, -0.15) is 0 Å². The first-order chi connectivity index (χ1) is 8.72. The van der Waals surface area contributed by atoms with Gasteiger partial charge in [0, 0.05) is 12.4 Å². The molecule has 0 amide bonds. The van der Waals surface area contributed by atoms with Crippen molar-refractivity contribution >= 4 is 11.8 Å². The van der Waals surface area contributed by atoms with Gasteiger partial charge in [-0.25, -0.2) is 9.78 Å². The van der Waals surface area contributed by atoms with Crippen molar-refractivity contribution < 1.29 is 9.53 Å². The number of anilines is 1. The third kappa shape index (κ3) is 2.48. The maximum atomic E-state index is 11.5. The van der Waals surface area contributed by atoms with Crippen LogP contribution in [0.3, 0.4) is 0 Å². The van der Waals surface area contributed by atoms with E-state index in [1.807, 2.05) is 12.1 Å². The fraction of sp³-hybridized carbons (Fsp3) is 0.250. The number of nitrogens with zero attached hydrogens (tertiary/aromatic N) is 3. The van der Waals surface area contributed by atoms with E-state index in [0.29, 0.717) is 19.0 Å². The van der Waals surface area contributed by atoms with Crippen LogP contribution in [0.15, 0.2) is 30.9 Å². The predicted octanol–water partition coefficient (Wildman–Crippen LogP) is 1.09. The average Bonchev–Trinajstić information content (AvgIpc) is 2.73. The first-order valence-electron chi connectivity index (χ1n) is 5.59. The molecule has 0 spiro atoms. The van der Waals surface area contributed by atoms with E-state index < -0.39 is 5.97 Å². The van der Waals surface area contributed by atoms with E-state index in [4.69, 9.17) is 10.5 Å². The average molecular weight is 246 g/mol. The molecular weight excluding hydrogens is 232 g/mol. The Morgan fingerprint density at radius 2 is 2.17 bits per heavy atom. The topological polar surface area (TPSA) is 83.0 Å². The van der Waals surface area contributed by atoms with Crippen LogP contribution in [-0.4, -0.2) is 27.1 Å². The van der Waals surface area contributed by atoms with Crippen molar-refractivity contribution in [1.82, 2.24) is 14.5 Å². The second-order valence-corrected chi connectivity index (χ2v) is 3.68. The molecule has 0 aliphatic carbocycles. The second kappa shape index (κ2) is 5.31. The molecule has 2 N–H and O–H groups in total. The van der Waals surface area contributed by atoms with E-state index in [0.717, 1.165) is 5.56 Å². The van der Waals surface area contributed by atoms with Crippen molar-refractivity contribution in [3.63, 3.8) is 0 Å². The van der Waals surface area contributed by atoms with E-state index >= 15 is 0 Å². The number of rotatable bonds is 4. The van der Waals surface area contributed by atoms with Crippen LogP contribution in [0.25, 0.3) is 0 Å². The van der Waals surface area contributed by atoms with Gasteiger partial charge in [0.2, 0.25) is 0 Å². The van der Waals surface area contributed by atoms with Crippen LogP contribution in [0.1, 0.15) is 23.0 Å². The summed E-state index contributed by atoms with van der Waals surface area (Å²) in [6, 6.07) is 3.76. The van der Waals surface area contributed by atoms with E-state index in [2.05, 4.69) is 9.97 Å². The Balaban J connectivity index is 2.18. The Morgan fingerprint density at radius 1 is 1.44 bits per heavy atom. The van der Waals surface area contributed by atoms with Gasteiger partial charge in [-0.05, 0) is 24.6 Å². The quantitative estimate of drug-likeness (QED) is 0.816. The molecule has 2 aromatic heterocycles. The lowest BCUT2D eigenvalue weighted by Gasteiger charge is -2.05. The molecule has 0 radical (unpaired) electrons. The zero-order valence-electron chi connectivity index (χ0n) is 10.0. The highest BCUT2D eigenvalue weighted by molar-refractivity contribution is 5.92. The van der Waals surface area contributed by atoms with Crippen molar-refractivity contribution in [2.24, 2.45) is 0 Å². The highest BCUT2D eigenvalue weighted by Crippen LogP contribution is 2.13. The molecule has 0 fully saturated rings. The Bertz CT molecular complexity index is 536. The van der Waals surface area contributed by atoms with Crippen LogP contribution in [0, 0.1) is 0 Å². The molecule has 2 aromatic rings. The summed E-state index contributed by atoms with van der Waals surface area (Å²) >= 11 is 0. The van der Waals surface area contributed by atoms with Crippen molar-refractivity contribution in [1.29, 1.82) is 0 Å². The van der Waals surface area contributed by atoms with Gasteiger partial charge in [-0.1, -0.05) is 0 Å². The number of nitrogens with two attached hydrogens (primary N) is 1. The van der Waals surface area contributed by atoms with Gasteiger partial charge in [0.15, 0.2) is 5.69 Å². The number of carbonyl (C=O) groups excluding carboxylic acids is 1. The SMILES string of the molecule is CCOC(=O)c1ncn(Cc2ccncc2)c1N. The first-order valence-corrected chi connectivity index (χ1v) is 5.59. The molecule has 0 aromatic carbocycles. The number of carbonyl (C=O) groups is 1. The molecule has 0 bridgehead atoms. The molecule has 0 aliphatic rings. The standard InChI is InChI=1S/C12H14N4O2/c1-2-18-12(17)10-11(13)16(8-15-10)7-9-3-5-14-6-4-9/h3-6,8H,2,7,13H2,1H3. The summed E-state index contributed by atoms with van der Waals surface area (Å²) in [5.74, 6) is -0.186. The Hall–Kier alpha value is -2.37. The fourth-order valence-corrected chi connectivity index (χ4v) is 1.56. The van der Waals surface area contributed by atoms with Gasteiger partial charge >= 0.3 is 5.97 Å². The van der Waals surface area contributed by atoms with Gasteiger partial charge in [0.25, 0.3) is 0 Å².